The second-order valence-electron chi connectivity index (χ2n) is 5.64. The maximum Gasteiger partial charge on any atom is 0.251 e. The van der Waals surface area contributed by atoms with Gasteiger partial charge in [-0.3, -0.25) is 9.69 Å². The van der Waals surface area contributed by atoms with Crippen LogP contribution in [0.15, 0.2) is 12.1 Å². The Labute approximate surface area is 127 Å². The molecule has 1 amide bonds. The van der Waals surface area contributed by atoms with Crippen molar-refractivity contribution in [2.75, 3.05) is 32.0 Å². The average Bonchev–Trinajstić information content (AvgIpc) is 3.06. The first-order chi connectivity index (χ1) is 10.1. The van der Waals surface area contributed by atoms with Gasteiger partial charge in [0.05, 0.1) is 0 Å². The third kappa shape index (κ3) is 4.17. The number of aryl methyl sites for hydroxylation is 1. The van der Waals surface area contributed by atoms with Crippen LogP contribution in [0.2, 0.25) is 0 Å². The Morgan fingerprint density at radius 3 is 2.71 bits per heavy atom. The summed E-state index contributed by atoms with van der Waals surface area (Å²) in [7, 11) is 1.82. The van der Waals surface area contributed by atoms with Crippen molar-refractivity contribution in [2.45, 2.75) is 39.2 Å². The van der Waals surface area contributed by atoms with Crippen LogP contribution in [-0.2, 0) is 6.42 Å². The summed E-state index contributed by atoms with van der Waals surface area (Å²) in [5, 5.41) is 6.05. The van der Waals surface area contributed by atoms with Gasteiger partial charge in [-0.25, -0.2) is 4.98 Å². The fourth-order valence-electron chi connectivity index (χ4n) is 2.68. The zero-order valence-corrected chi connectivity index (χ0v) is 13.3. The Morgan fingerprint density at radius 2 is 2.10 bits per heavy atom. The SMILES string of the molecule is CCc1cc(C(=O)NCC(C)N2CCCC2)cc(NC)n1. The van der Waals surface area contributed by atoms with Gasteiger partial charge >= 0.3 is 0 Å². The van der Waals surface area contributed by atoms with Gasteiger partial charge in [0.15, 0.2) is 0 Å². The van der Waals surface area contributed by atoms with Crippen molar-refractivity contribution >= 4 is 11.7 Å². The minimum Gasteiger partial charge on any atom is -0.373 e. The minimum atomic E-state index is -0.0188. The van der Waals surface area contributed by atoms with E-state index in [2.05, 4.69) is 27.4 Å². The van der Waals surface area contributed by atoms with Crippen LogP contribution in [0.5, 0.6) is 0 Å². The number of carbonyl (C=O) groups excluding carboxylic acids is 1. The number of anilines is 1. The van der Waals surface area contributed by atoms with Crippen molar-refractivity contribution in [1.29, 1.82) is 0 Å². The largest absolute Gasteiger partial charge is 0.373 e. The number of pyridine rings is 1. The Hall–Kier alpha value is -1.62. The number of hydrogen-bond acceptors (Lipinski definition) is 4. The Balaban J connectivity index is 1.96. The van der Waals surface area contributed by atoms with Crippen molar-refractivity contribution in [2.24, 2.45) is 0 Å². The van der Waals surface area contributed by atoms with E-state index < -0.39 is 0 Å². The molecule has 1 unspecified atom stereocenters. The van der Waals surface area contributed by atoms with Gasteiger partial charge in [-0.2, -0.15) is 0 Å². The molecule has 0 aromatic carbocycles. The second kappa shape index (κ2) is 7.41. The van der Waals surface area contributed by atoms with Crippen LogP contribution < -0.4 is 10.6 Å². The van der Waals surface area contributed by atoms with Gasteiger partial charge in [0, 0.05) is 30.9 Å². The molecule has 1 aromatic rings. The molecule has 1 fully saturated rings. The number of nitrogens with one attached hydrogen (secondary N) is 2. The molecule has 0 bridgehead atoms. The van der Waals surface area contributed by atoms with Gasteiger partial charge in [-0.15, -0.1) is 0 Å². The molecule has 116 valence electrons. The van der Waals surface area contributed by atoms with E-state index in [9.17, 15) is 4.79 Å². The third-order valence-electron chi connectivity index (χ3n) is 4.08. The van der Waals surface area contributed by atoms with Crippen LogP contribution >= 0.6 is 0 Å². The predicted octanol–water partition coefficient (Wildman–Crippen LogP) is 1.90. The highest BCUT2D eigenvalue weighted by Crippen LogP contribution is 2.12. The lowest BCUT2D eigenvalue weighted by Gasteiger charge is -2.23. The van der Waals surface area contributed by atoms with E-state index in [-0.39, 0.29) is 5.91 Å². The summed E-state index contributed by atoms with van der Waals surface area (Å²) in [5.74, 6) is 0.724. The topological polar surface area (TPSA) is 57.3 Å². The smallest absolute Gasteiger partial charge is 0.251 e. The molecule has 1 saturated heterocycles. The van der Waals surface area contributed by atoms with Crippen molar-refractivity contribution in [3.8, 4) is 0 Å². The van der Waals surface area contributed by atoms with Gasteiger partial charge in [0.1, 0.15) is 5.82 Å². The van der Waals surface area contributed by atoms with Crippen molar-refractivity contribution < 1.29 is 4.79 Å². The van der Waals surface area contributed by atoms with Crippen molar-refractivity contribution in [1.82, 2.24) is 15.2 Å². The predicted molar refractivity (Wildman–Crippen MR) is 85.8 cm³/mol. The molecule has 0 radical (unpaired) electrons. The number of aromatic nitrogens is 1. The van der Waals surface area contributed by atoms with E-state index in [1.165, 1.54) is 12.8 Å². The molecule has 0 aliphatic carbocycles. The van der Waals surface area contributed by atoms with E-state index in [0.717, 1.165) is 31.0 Å². The minimum absolute atomic E-state index is 0.0188. The quantitative estimate of drug-likeness (QED) is 0.840. The summed E-state index contributed by atoms with van der Waals surface area (Å²) in [6.07, 6.45) is 3.36. The summed E-state index contributed by atoms with van der Waals surface area (Å²) < 4.78 is 0. The van der Waals surface area contributed by atoms with Gasteiger partial charge in [0.2, 0.25) is 0 Å². The Bertz CT molecular complexity index is 461. The lowest BCUT2D eigenvalue weighted by molar-refractivity contribution is 0.0940. The standard InChI is InChI=1S/C16H26N4O/c1-4-14-9-13(10-15(17-3)19-14)16(21)18-11-12(2)20-7-5-6-8-20/h9-10,12H,4-8,11H2,1-3H3,(H,17,19)(H,18,21). The van der Waals surface area contributed by atoms with Gasteiger partial charge in [-0.05, 0) is 51.4 Å². The van der Waals surface area contributed by atoms with Crippen molar-refractivity contribution in [3.05, 3.63) is 23.4 Å². The molecule has 5 nitrogen and oxygen atoms in total. The van der Waals surface area contributed by atoms with Crippen LogP contribution in [0.1, 0.15) is 42.7 Å². The fourth-order valence-corrected chi connectivity index (χ4v) is 2.68. The first-order valence-electron chi connectivity index (χ1n) is 7.85. The molecule has 0 spiro atoms. The molecule has 0 saturated carbocycles. The molecule has 5 heteroatoms. The Morgan fingerprint density at radius 1 is 1.38 bits per heavy atom. The molecule has 2 heterocycles. The molecule has 1 aliphatic rings. The fraction of sp³-hybridized carbons (Fsp3) is 0.625. The summed E-state index contributed by atoms with van der Waals surface area (Å²) >= 11 is 0. The third-order valence-corrected chi connectivity index (χ3v) is 4.08. The molecule has 2 rings (SSSR count). The first-order valence-corrected chi connectivity index (χ1v) is 7.85. The zero-order chi connectivity index (χ0) is 15.2. The highest BCUT2D eigenvalue weighted by molar-refractivity contribution is 5.95. The number of rotatable bonds is 6. The number of nitrogens with zero attached hydrogens (tertiary/aromatic N) is 2. The van der Waals surface area contributed by atoms with E-state index in [1.54, 1.807) is 6.07 Å². The molecule has 21 heavy (non-hydrogen) atoms. The Kier molecular flexibility index (Phi) is 5.56. The molecule has 1 aliphatic heterocycles. The van der Waals surface area contributed by atoms with E-state index in [1.807, 2.05) is 20.0 Å². The van der Waals surface area contributed by atoms with Crippen LogP contribution in [0.25, 0.3) is 0 Å². The lowest BCUT2D eigenvalue weighted by atomic mass is 10.1. The van der Waals surface area contributed by atoms with E-state index in [4.69, 9.17) is 0 Å². The second-order valence-corrected chi connectivity index (χ2v) is 5.64. The van der Waals surface area contributed by atoms with Crippen LogP contribution in [-0.4, -0.2) is 48.5 Å². The zero-order valence-electron chi connectivity index (χ0n) is 13.3. The average molecular weight is 290 g/mol. The van der Waals surface area contributed by atoms with Crippen LogP contribution in [0, 0.1) is 0 Å². The molecular weight excluding hydrogens is 264 g/mol. The highest BCUT2D eigenvalue weighted by Gasteiger charge is 2.18. The highest BCUT2D eigenvalue weighted by atomic mass is 16.1. The summed E-state index contributed by atoms with van der Waals surface area (Å²) in [5.41, 5.74) is 1.61. The lowest BCUT2D eigenvalue weighted by Crippen LogP contribution is -2.40. The molecular formula is C16H26N4O. The first kappa shape index (κ1) is 15.8. The number of likely N-dealkylation sites (tertiary alicyclic amines) is 1. The summed E-state index contributed by atoms with van der Waals surface area (Å²) in [6.45, 7) is 7.21. The number of hydrogen-bond donors (Lipinski definition) is 2. The molecule has 2 N–H and O–H groups in total. The monoisotopic (exact) mass is 290 g/mol. The maximum absolute atomic E-state index is 12.3. The van der Waals surface area contributed by atoms with Crippen molar-refractivity contribution in [3.63, 3.8) is 0 Å². The van der Waals surface area contributed by atoms with Gasteiger partial charge in [-0.1, -0.05) is 6.92 Å². The summed E-state index contributed by atoms with van der Waals surface area (Å²) in [4.78, 5) is 19.2. The van der Waals surface area contributed by atoms with Crippen LogP contribution in [0.3, 0.4) is 0 Å². The van der Waals surface area contributed by atoms with Crippen LogP contribution in [0.4, 0.5) is 5.82 Å². The van der Waals surface area contributed by atoms with E-state index >= 15 is 0 Å². The van der Waals surface area contributed by atoms with Gasteiger partial charge < -0.3 is 10.6 Å². The van der Waals surface area contributed by atoms with E-state index in [0.29, 0.717) is 18.2 Å². The number of amides is 1. The normalized spacial score (nSPS) is 16.7. The number of carbonyl (C=O) groups is 1. The molecule has 1 atom stereocenters. The summed E-state index contributed by atoms with van der Waals surface area (Å²) in [6, 6.07) is 4.07. The van der Waals surface area contributed by atoms with Gasteiger partial charge in [0.25, 0.3) is 5.91 Å². The maximum atomic E-state index is 12.3. The molecule has 1 aromatic heterocycles.